The van der Waals surface area contributed by atoms with Gasteiger partial charge in [-0.2, -0.15) is 8.42 Å². The molecule has 7 heteroatoms. The number of rotatable bonds is 2. The molecule has 0 saturated carbocycles. The van der Waals surface area contributed by atoms with Gasteiger partial charge in [0.25, 0.3) is 0 Å². The van der Waals surface area contributed by atoms with Gasteiger partial charge in [-0.1, -0.05) is 18.2 Å². The van der Waals surface area contributed by atoms with E-state index < -0.39 is 16.2 Å². The fraction of sp³-hybridized carbons (Fsp3) is 0. The molecule has 16 heavy (non-hydrogen) atoms. The maximum atomic E-state index is 11.6. The fourth-order valence-corrected chi connectivity index (χ4v) is 2.36. The van der Waals surface area contributed by atoms with E-state index >= 15 is 0 Å². The summed E-state index contributed by atoms with van der Waals surface area (Å²) in [5, 5.41) is 0.448. The van der Waals surface area contributed by atoms with E-state index in [0.29, 0.717) is 10.9 Å². The number of hydrogen-bond acceptors (Lipinski definition) is 4. The summed E-state index contributed by atoms with van der Waals surface area (Å²) < 4.78 is 27.2. The van der Waals surface area contributed by atoms with Crippen LogP contribution in [0.4, 0.5) is 4.79 Å². The predicted octanol–water partition coefficient (Wildman–Crippen LogP) is 0.952. The van der Waals surface area contributed by atoms with Crippen molar-refractivity contribution in [1.82, 2.24) is 4.98 Å². The van der Waals surface area contributed by atoms with Crippen LogP contribution in [0.25, 0.3) is 10.9 Å². The van der Waals surface area contributed by atoms with E-state index in [4.69, 9.17) is 0 Å². The quantitative estimate of drug-likeness (QED) is 0.763. The first-order chi connectivity index (χ1) is 7.50. The van der Waals surface area contributed by atoms with Crippen molar-refractivity contribution in [3.63, 3.8) is 0 Å². The Balaban J connectivity index is 2.60. The maximum Gasteiger partial charge on any atom is 0.420 e. The van der Waals surface area contributed by atoms with E-state index in [0.717, 1.165) is 0 Å². The second-order valence-corrected chi connectivity index (χ2v) is 4.57. The third-order valence-electron chi connectivity index (χ3n) is 2.01. The van der Waals surface area contributed by atoms with Crippen molar-refractivity contribution < 1.29 is 17.4 Å². The van der Waals surface area contributed by atoms with Gasteiger partial charge in [0, 0.05) is 17.1 Å². The molecule has 3 N–H and O–H groups in total. The molecule has 1 aromatic carbocycles. The number of amides is 1. The van der Waals surface area contributed by atoms with Gasteiger partial charge < -0.3 is 14.9 Å². The van der Waals surface area contributed by atoms with E-state index in [1.54, 1.807) is 24.3 Å². The van der Waals surface area contributed by atoms with Crippen LogP contribution in [0.3, 0.4) is 0 Å². The van der Waals surface area contributed by atoms with Crippen molar-refractivity contribution >= 4 is 27.1 Å². The summed E-state index contributed by atoms with van der Waals surface area (Å²) >= 11 is 0. The third kappa shape index (κ3) is 1.72. The summed E-state index contributed by atoms with van der Waals surface area (Å²) in [6.45, 7) is 0. The summed E-state index contributed by atoms with van der Waals surface area (Å²) in [5.41, 5.74) is 5.31. The van der Waals surface area contributed by atoms with Crippen molar-refractivity contribution in [3.8, 4) is 0 Å². The number of carbonyl (C=O) groups excluding carboxylic acids is 1. The van der Waals surface area contributed by atoms with E-state index in [9.17, 15) is 13.2 Å². The smallest absolute Gasteiger partial charge is 0.360 e. The first-order valence-electron chi connectivity index (χ1n) is 4.31. The van der Waals surface area contributed by atoms with Crippen molar-refractivity contribution in [2.45, 2.75) is 4.90 Å². The molecule has 6 nitrogen and oxygen atoms in total. The van der Waals surface area contributed by atoms with Gasteiger partial charge in [0.1, 0.15) is 4.90 Å². The van der Waals surface area contributed by atoms with E-state index in [1.807, 2.05) is 0 Å². The monoisotopic (exact) mass is 240 g/mol. The SMILES string of the molecule is NC(=O)OS(=O)(=O)c1c[nH]c2ccccc12. The molecule has 0 saturated heterocycles. The summed E-state index contributed by atoms with van der Waals surface area (Å²) in [5.74, 6) is 0. The minimum absolute atomic E-state index is 0.109. The standard InChI is InChI=1S/C9H8N2O4S/c10-9(12)15-16(13,14)8-5-11-7-4-2-1-3-6(7)8/h1-5,11H,(H2,10,12). The van der Waals surface area contributed by atoms with Crippen LogP contribution in [0.1, 0.15) is 0 Å². The summed E-state index contributed by atoms with van der Waals surface area (Å²) in [6.07, 6.45) is -0.103. The topological polar surface area (TPSA) is 102 Å². The lowest BCUT2D eigenvalue weighted by Crippen LogP contribution is -2.18. The molecule has 2 rings (SSSR count). The fourth-order valence-electron chi connectivity index (χ4n) is 1.40. The van der Waals surface area contributed by atoms with Gasteiger partial charge in [0.2, 0.25) is 0 Å². The largest absolute Gasteiger partial charge is 0.420 e. The summed E-state index contributed by atoms with van der Waals surface area (Å²) in [6, 6.07) is 6.74. The number of para-hydroxylation sites is 1. The number of benzene rings is 1. The average molecular weight is 240 g/mol. The van der Waals surface area contributed by atoms with Crippen molar-refractivity contribution in [2.75, 3.05) is 0 Å². The molecule has 0 aliphatic carbocycles. The Morgan fingerprint density at radius 3 is 2.69 bits per heavy atom. The Hall–Kier alpha value is -2.02. The first kappa shape index (κ1) is 10.5. The highest BCUT2D eigenvalue weighted by Crippen LogP contribution is 2.23. The van der Waals surface area contributed by atoms with Gasteiger partial charge in [0.05, 0.1) is 0 Å². The molecule has 0 spiro atoms. The second kappa shape index (κ2) is 3.53. The zero-order chi connectivity index (χ0) is 11.8. The van der Waals surface area contributed by atoms with E-state index in [2.05, 4.69) is 14.9 Å². The molecule has 0 radical (unpaired) electrons. The number of aromatic amines is 1. The molecule has 2 aromatic rings. The number of nitrogens with two attached hydrogens (primary N) is 1. The molecule has 1 amide bonds. The van der Waals surface area contributed by atoms with Crippen LogP contribution in [-0.2, 0) is 14.3 Å². The number of aromatic nitrogens is 1. The molecule has 0 atom stereocenters. The van der Waals surface area contributed by atoms with Crippen LogP contribution < -0.4 is 5.73 Å². The summed E-state index contributed by atoms with van der Waals surface area (Å²) in [4.78, 5) is 13.1. The molecular weight excluding hydrogens is 232 g/mol. The number of H-pyrrole nitrogens is 1. The Morgan fingerprint density at radius 1 is 1.31 bits per heavy atom. The third-order valence-corrected chi connectivity index (χ3v) is 3.27. The van der Waals surface area contributed by atoms with Crippen LogP contribution in [-0.4, -0.2) is 19.5 Å². The van der Waals surface area contributed by atoms with Crippen molar-refractivity contribution in [2.24, 2.45) is 5.73 Å². The van der Waals surface area contributed by atoms with Crippen LogP contribution in [0.5, 0.6) is 0 Å². The molecular formula is C9H8N2O4S. The highest BCUT2D eigenvalue weighted by atomic mass is 32.2. The molecule has 0 aliphatic rings. The highest BCUT2D eigenvalue weighted by Gasteiger charge is 2.22. The van der Waals surface area contributed by atoms with Crippen LogP contribution in [0, 0.1) is 0 Å². The molecule has 0 bridgehead atoms. The number of primary amides is 1. The van der Waals surface area contributed by atoms with E-state index in [-0.39, 0.29) is 4.90 Å². The second-order valence-electron chi connectivity index (χ2n) is 3.06. The lowest BCUT2D eigenvalue weighted by Gasteiger charge is -2.00. The highest BCUT2D eigenvalue weighted by molar-refractivity contribution is 7.87. The molecule has 0 fully saturated rings. The van der Waals surface area contributed by atoms with Gasteiger partial charge in [-0.25, -0.2) is 4.79 Å². The molecule has 84 valence electrons. The van der Waals surface area contributed by atoms with Gasteiger partial charge in [-0.15, -0.1) is 0 Å². The van der Waals surface area contributed by atoms with E-state index in [1.165, 1.54) is 6.20 Å². The number of carbonyl (C=O) groups is 1. The Bertz CT molecular complexity index is 644. The lowest BCUT2D eigenvalue weighted by molar-refractivity contribution is 0.213. The lowest BCUT2D eigenvalue weighted by atomic mass is 10.2. The zero-order valence-electron chi connectivity index (χ0n) is 8.01. The predicted molar refractivity (Wildman–Crippen MR) is 56.2 cm³/mol. The zero-order valence-corrected chi connectivity index (χ0v) is 8.82. The van der Waals surface area contributed by atoms with Crippen LogP contribution >= 0.6 is 0 Å². The Morgan fingerprint density at radius 2 is 2.00 bits per heavy atom. The molecule has 0 unspecified atom stereocenters. The number of fused-ring (bicyclic) bond motifs is 1. The average Bonchev–Trinajstić information content (AvgIpc) is 2.59. The van der Waals surface area contributed by atoms with Crippen LogP contribution in [0.15, 0.2) is 35.4 Å². The normalized spacial score (nSPS) is 11.5. The van der Waals surface area contributed by atoms with Crippen molar-refractivity contribution in [1.29, 1.82) is 0 Å². The Labute approximate surface area is 91.1 Å². The van der Waals surface area contributed by atoms with Gasteiger partial charge in [-0.05, 0) is 6.07 Å². The molecule has 1 heterocycles. The summed E-state index contributed by atoms with van der Waals surface area (Å²) in [7, 11) is -4.15. The van der Waals surface area contributed by atoms with Gasteiger partial charge in [0.15, 0.2) is 0 Å². The molecule has 0 aliphatic heterocycles. The number of hydrogen-bond donors (Lipinski definition) is 2. The van der Waals surface area contributed by atoms with Gasteiger partial charge in [-0.3, -0.25) is 0 Å². The van der Waals surface area contributed by atoms with Crippen LogP contribution in [0.2, 0.25) is 0 Å². The minimum Gasteiger partial charge on any atom is -0.360 e. The first-order valence-corrected chi connectivity index (χ1v) is 5.71. The number of nitrogens with one attached hydrogen (secondary N) is 1. The van der Waals surface area contributed by atoms with Gasteiger partial charge >= 0.3 is 16.2 Å². The Kier molecular flexibility index (Phi) is 2.31. The maximum absolute atomic E-state index is 11.6. The van der Waals surface area contributed by atoms with Crippen molar-refractivity contribution in [3.05, 3.63) is 30.5 Å². The minimum atomic E-state index is -4.15. The molecule has 1 aromatic heterocycles.